The molecule has 2 aromatic carbocycles. The van der Waals surface area contributed by atoms with Crippen LogP contribution in [-0.2, 0) is 11.3 Å². The number of amides is 2. The number of nitrogens with zero attached hydrogens (tertiary/aromatic N) is 2. The van der Waals surface area contributed by atoms with Gasteiger partial charge in [0, 0.05) is 51.3 Å². The van der Waals surface area contributed by atoms with Crippen molar-refractivity contribution in [1.29, 1.82) is 0 Å². The van der Waals surface area contributed by atoms with Crippen LogP contribution in [0.15, 0.2) is 48.5 Å². The number of benzene rings is 2. The van der Waals surface area contributed by atoms with Gasteiger partial charge in [-0.15, -0.1) is 0 Å². The summed E-state index contributed by atoms with van der Waals surface area (Å²) in [5.41, 5.74) is 1.33. The van der Waals surface area contributed by atoms with Gasteiger partial charge in [-0.3, -0.25) is 9.59 Å². The highest BCUT2D eigenvalue weighted by molar-refractivity contribution is 5.94. The monoisotopic (exact) mass is 413 g/mol. The Kier molecular flexibility index (Phi) is 7.79. The maximum absolute atomic E-state index is 13.3. The Labute approximate surface area is 176 Å². The van der Waals surface area contributed by atoms with Crippen molar-refractivity contribution < 1.29 is 18.7 Å². The van der Waals surface area contributed by atoms with Crippen molar-refractivity contribution in [2.45, 2.75) is 19.9 Å². The Morgan fingerprint density at radius 1 is 1.07 bits per heavy atom. The van der Waals surface area contributed by atoms with Gasteiger partial charge in [-0.25, -0.2) is 4.39 Å². The van der Waals surface area contributed by atoms with Gasteiger partial charge in [0.05, 0.1) is 6.61 Å². The van der Waals surface area contributed by atoms with Gasteiger partial charge in [0.25, 0.3) is 5.91 Å². The second kappa shape index (κ2) is 10.7. The molecule has 0 aromatic heterocycles. The van der Waals surface area contributed by atoms with Crippen molar-refractivity contribution in [1.82, 2.24) is 15.1 Å². The van der Waals surface area contributed by atoms with E-state index in [-0.39, 0.29) is 24.1 Å². The minimum Gasteiger partial charge on any atom is -0.494 e. The van der Waals surface area contributed by atoms with Crippen LogP contribution in [0.25, 0.3) is 0 Å². The van der Waals surface area contributed by atoms with Crippen molar-refractivity contribution in [2.24, 2.45) is 0 Å². The molecular weight excluding hydrogens is 385 g/mol. The van der Waals surface area contributed by atoms with Gasteiger partial charge in [-0.1, -0.05) is 12.1 Å². The lowest BCUT2D eigenvalue weighted by atomic mass is 10.1. The molecular formula is C23H28FN3O3. The highest BCUT2D eigenvalue weighted by Gasteiger charge is 2.21. The number of hydrogen-bond acceptors (Lipinski definition) is 4. The van der Waals surface area contributed by atoms with E-state index in [1.54, 1.807) is 41.3 Å². The quantitative estimate of drug-likeness (QED) is 0.723. The van der Waals surface area contributed by atoms with Crippen LogP contribution in [0.2, 0.25) is 0 Å². The van der Waals surface area contributed by atoms with Crippen LogP contribution in [0, 0.1) is 5.82 Å². The Morgan fingerprint density at radius 2 is 1.73 bits per heavy atom. The molecule has 7 heteroatoms. The average molecular weight is 413 g/mol. The predicted molar refractivity (Wildman–Crippen MR) is 113 cm³/mol. The van der Waals surface area contributed by atoms with Crippen molar-refractivity contribution in [2.75, 3.05) is 39.3 Å². The maximum atomic E-state index is 13.3. The molecule has 1 N–H and O–H groups in total. The molecule has 1 aliphatic rings. The van der Waals surface area contributed by atoms with E-state index >= 15 is 0 Å². The number of carbonyl (C=O) groups is 2. The Bertz CT molecular complexity index is 834. The standard InChI is InChI=1S/C23H28FN3O3/c1-2-30-21-9-5-19(6-10-21)23(29)27(17-18-3-7-20(24)8-4-18)14-11-22(28)26-15-12-25-13-16-26/h3-10,25H,2,11-17H2,1H3. The number of nitrogens with one attached hydrogen (secondary N) is 1. The Balaban J connectivity index is 1.71. The molecule has 0 unspecified atom stereocenters. The molecule has 1 saturated heterocycles. The van der Waals surface area contributed by atoms with E-state index in [9.17, 15) is 14.0 Å². The lowest BCUT2D eigenvalue weighted by Gasteiger charge is -2.29. The predicted octanol–water partition coefficient (Wildman–Crippen LogP) is 2.69. The molecule has 3 rings (SSSR count). The number of ether oxygens (including phenoxy) is 1. The van der Waals surface area contributed by atoms with Crippen LogP contribution in [0.4, 0.5) is 4.39 Å². The van der Waals surface area contributed by atoms with Gasteiger partial charge >= 0.3 is 0 Å². The first-order valence-corrected chi connectivity index (χ1v) is 10.3. The second-order valence-electron chi connectivity index (χ2n) is 7.19. The summed E-state index contributed by atoms with van der Waals surface area (Å²) in [5, 5.41) is 3.23. The van der Waals surface area contributed by atoms with Crippen molar-refractivity contribution in [3.05, 3.63) is 65.5 Å². The van der Waals surface area contributed by atoms with E-state index in [1.807, 2.05) is 11.8 Å². The zero-order valence-electron chi connectivity index (χ0n) is 17.3. The average Bonchev–Trinajstić information content (AvgIpc) is 2.78. The lowest BCUT2D eigenvalue weighted by molar-refractivity contribution is -0.132. The minimum absolute atomic E-state index is 0.0418. The summed E-state index contributed by atoms with van der Waals surface area (Å²) < 4.78 is 18.7. The molecule has 1 aliphatic heterocycles. The fraction of sp³-hybridized carbons (Fsp3) is 0.391. The van der Waals surface area contributed by atoms with Crippen LogP contribution in [0.3, 0.4) is 0 Å². The summed E-state index contributed by atoms with van der Waals surface area (Å²) in [6, 6.07) is 13.0. The van der Waals surface area contributed by atoms with Gasteiger partial charge in [0.2, 0.25) is 5.91 Å². The molecule has 1 fully saturated rings. The molecule has 6 nitrogen and oxygen atoms in total. The Morgan fingerprint density at radius 3 is 2.37 bits per heavy atom. The highest BCUT2D eigenvalue weighted by atomic mass is 19.1. The Hall–Kier alpha value is -2.93. The normalized spacial score (nSPS) is 13.7. The maximum Gasteiger partial charge on any atom is 0.254 e. The van der Waals surface area contributed by atoms with Crippen LogP contribution < -0.4 is 10.1 Å². The largest absolute Gasteiger partial charge is 0.494 e. The molecule has 0 bridgehead atoms. The van der Waals surface area contributed by atoms with E-state index in [1.165, 1.54) is 12.1 Å². The summed E-state index contributed by atoms with van der Waals surface area (Å²) in [6.07, 6.45) is 0.254. The molecule has 0 spiro atoms. The van der Waals surface area contributed by atoms with E-state index in [2.05, 4.69) is 5.32 Å². The van der Waals surface area contributed by atoms with Crippen LogP contribution in [0.5, 0.6) is 5.75 Å². The first-order valence-electron chi connectivity index (χ1n) is 10.3. The third kappa shape index (κ3) is 6.03. The summed E-state index contributed by atoms with van der Waals surface area (Å²) >= 11 is 0. The fourth-order valence-electron chi connectivity index (χ4n) is 3.41. The van der Waals surface area contributed by atoms with Gasteiger partial charge in [0.1, 0.15) is 11.6 Å². The third-order valence-electron chi connectivity index (χ3n) is 5.05. The van der Waals surface area contributed by atoms with Gasteiger partial charge in [-0.2, -0.15) is 0 Å². The molecule has 2 amide bonds. The molecule has 160 valence electrons. The SMILES string of the molecule is CCOc1ccc(C(=O)N(CCC(=O)N2CCNCC2)Cc2ccc(F)cc2)cc1. The van der Waals surface area contributed by atoms with Crippen molar-refractivity contribution in [3.63, 3.8) is 0 Å². The third-order valence-corrected chi connectivity index (χ3v) is 5.05. The highest BCUT2D eigenvalue weighted by Crippen LogP contribution is 2.16. The zero-order valence-corrected chi connectivity index (χ0v) is 17.3. The zero-order chi connectivity index (χ0) is 21.3. The number of rotatable bonds is 8. The molecule has 0 aliphatic carbocycles. The van der Waals surface area contributed by atoms with Gasteiger partial charge in [0.15, 0.2) is 0 Å². The first kappa shape index (κ1) is 21.8. The van der Waals surface area contributed by atoms with E-state index in [0.29, 0.717) is 44.1 Å². The first-order chi connectivity index (χ1) is 14.6. The summed E-state index contributed by atoms with van der Waals surface area (Å²) in [5.74, 6) is 0.251. The summed E-state index contributed by atoms with van der Waals surface area (Å²) in [7, 11) is 0. The number of halogens is 1. The minimum atomic E-state index is -0.322. The number of piperazine rings is 1. The summed E-state index contributed by atoms with van der Waals surface area (Å²) in [4.78, 5) is 29.2. The second-order valence-corrected chi connectivity index (χ2v) is 7.19. The van der Waals surface area contributed by atoms with Gasteiger partial charge < -0.3 is 19.9 Å². The van der Waals surface area contributed by atoms with Gasteiger partial charge in [-0.05, 0) is 48.9 Å². The molecule has 1 heterocycles. The number of hydrogen-bond donors (Lipinski definition) is 1. The van der Waals surface area contributed by atoms with E-state index in [4.69, 9.17) is 4.74 Å². The van der Waals surface area contributed by atoms with Crippen molar-refractivity contribution >= 4 is 11.8 Å². The summed E-state index contributed by atoms with van der Waals surface area (Å²) in [6.45, 7) is 6.00. The van der Waals surface area contributed by atoms with Crippen molar-refractivity contribution in [3.8, 4) is 5.75 Å². The lowest BCUT2D eigenvalue weighted by Crippen LogP contribution is -2.47. The smallest absolute Gasteiger partial charge is 0.254 e. The molecule has 0 radical (unpaired) electrons. The fourth-order valence-corrected chi connectivity index (χ4v) is 3.41. The van der Waals surface area contributed by atoms with Crippen LogP contribution in [-0.4, -0.2) is 60.9 Å². The molecule has 2 aromatic rings. The van der Waals surface area contributed by atoms with E-state index in [0.717, 1.165) is 18.7 Å². The molecule has 30 heavy (non-hydrogen) atoms. The van der Waals surface area contributed by atoms with Crippen LogP contribution in [0.1, 0.15) is 29.3 Å². The van der Waals surface area contributed by atoms with Crippen LogP contribution >= 0.6 is 0 Å². The molecule has 0 atom stereocenters. The molecule has 0 saturated carbocycles. The number of carbonyl (C=O) groups excluding carboxylic acids is 2. The van der Waals surface area contributed by atoms with E-state index < -0.39 is 0 Å². The topological polar surface area (TPSA) is 61.9 Å².